The molecule has 2 atom stereocenters. The molecule has 18 heavy (non-hydrogen) atoms. The minimum Gasteiger partial charge on any atom is -0.394 e. The summed E-state index contributed by atoms with van der Waals surface area (Å²) in [5, 5.41) is 13.0. The highest BCUT2D eigenvalue weighted by atomic mass is 16.5. The van der Waals surface area contributed by atoms with E-state index >= 15 is 0 Å². The van der Waals surface area contributed by atoms with Gasteiger partial charge >= 0.3 is 0 Å². The van der Waals surface area contributed by atoms with Crippen molar-refractivity contribution >= 4 is 0 Å². The summed E-state index contributed by atoms with van der Waals surface area (Å²) in [6.07, 6.45) is 3.25. The Hall–Kier alpha value is -0.160. The molecule has 1 heterocycles. The van der Waals surface area contributed by atoms with E-state index in [0.717, 1.165) is 39.0 Å². The van der Waals surface area contributed by atoms with Crippen molar-refractivity contribution in [2.45, 2.75) is 57.7 Å². The SMILES string of the molecule is CC(C)NC(C)(CO)CCCN(C)C1CCOC1. The van der Waals surface area contributed by atoms with Gasteiger partial charge in [0.15, 0.2) is 0 Å². The third kappa shape index (κ3) is 5.22. The molecule has 2 N–H and O–H groups in total. The van der Waals surface area contributed by atoms with Crippen molar-refractivity contribution < 1.29 is 9.84 Å². The van der Waals surface area contributed by atoms with Gasteiger partial charge in [-0.05, 0) is 39.8 Å². The van der Waals surface area contributed by atoms with Crippen molar-refractivity contribution in [3.8, 4) is 0 Å². The summed E-state index contributed by atoms with van der Waals surface area (Å²) in [5.41, 5.74) is -0.152. The van der Waals surface area contributed by atoms with Gasteiger partial charge in [0.25, 0.3) is 0 Å². The zero-order valence-electron chi connectivity index (χ0n) is 12.4. The zero-order valence-corrected chi connectivity index (χ0v) is 12.4. The van der Waals surface area contributed by atoms with Crippen molar-refractivity contribution in [3.05, 3.63) is 0 Å². The fourth-order valence-electron chi connectivity index (χ4n) is 2.66. The lowest BCUT2D eigenvalue weighted by Gasteiger charge is -2.32. The van der Waals surface area contributed by atoms with E-state index in [1.165, 1.54) is 0 Å². The highest BCUT2D eigenvalue weighted by Crippen LogP contribution is 2.15. The van der Waals surface area contributed by atoms with Gasteiger partial charge in [-0.2, -0.15) is 0 Å². The van der Waals surface area contributed by atoms with Crippen LogP contribution in [0.1, 0.15) is 40.0 Å². The standard InChI is InChI=1S/C14H30N2O2/c1-12(2)15-14(3,11-17)7-5-8-16(4)13-6-9-18-10-13/h12-13,15,17H,5-11H2,1-4H3. The number of nitrogens with one attached hydrogen (secondary N) is 1. The van der Waals surface area contributed by atoms with E-state index in [2.05, 4.69) is 38.0 Å². The van der Waals surface area contributed by atoms with E-state index in [4.69, 9.17) is 4.74 Å². The predicted octanol–water partition coefficient (Wildman–Crippen LogP) is 1.24. The Morgan fingerprint density at radius 2 is 2.22 bits per heavy atom. The number of hydrogen-bond acceptors (Lipinski definition) is 4. The van der Waals surface area contributed by atoms with Gasteiger partial charge < -0.3 is 20.1 Å². The highest BCUT2D eigenvalue weighted by molar-refractivity contribution is 4.84. The van der Waals surface area contributed by atoms with Gasteiger partial charge in [-0.3, -0.25) is 0 Å². The van der Waals surface area contributed by atoms with Crippen LogP contribution in [-0.2, 0) is 4.74 Å². The third-order valence-electron chi connectivity index (χ3n) is 3.75. The fourth-order valence-corrected chi connectivity index (χ4v) is 2.66. The van der Waals surface area contributed by atoms with Gasteiger partial charge in [-0.15, -0.1) is 0 Å². The number of aliphatic hydroxyl groups excluding tert-OH is 1. The van der Waals surface area contributed by atoms with Gasteiger partial charge in [-0.1, -0.05) is 13.8 Å². The van der Waals surface area contributed by atoms with Crippen molar-refractivity contribution in [3.63, 3.8) is 0 Å². The number of hydrogen-bond donors (Lipinski definition) is 2. The van der Waals surface area contributed by atoms with Crippen LogP contribution in [0.2, 0.25) is 0 Å². The van der Waals surface area contributed by atoms with Crippen LogP contribution in [0.4, 0.5) is 0 Å². The molecule has 0 saturated carbocycles. The molecular formula is C14H30N2O2. The third-order valence-corrected chi connectivity index (χ3v) is 3.75. The average Bonchev–Trinajstić information content (AvgIpc) is 2.81. The van der Waals surface area contributed by atoms with Gasteiger partial charge in [0.05, 0.1) is 13.2 Å². The van der Waals surface area contributed by atoms with Crippen LogP contribution < -0.4 is 5.32 Å². The maximum Gasteiger partial charge on any atom is 0.0622 e. The molecule has 0 aromatic carbocycles. The van der Waals surface area contributed by atoms with Crippen molar-refractivity contribution in [1.82, 2.24) is 10.2 Å². The molecule has 0 aromatic heterocycles. The summed E-state index contributed by atoms with van der Waals surface area (Å²) in [6, 6.07) is 0.992. The maximum absolute atomic E-state index is 9.51. The van der Waals surface area contributed by atoms with Crippen LogP contribution in [0, 0.1) is 0 Å². The molecule has 108 valence electrons. The Morgan fingerprint density at radius 3 is 2.72 bits per heavy atom. The van der Waals surface area contributed by atoms with Gasteiger partial charge in [0, 0.05) is 24.2 Å². The van der Waals surface area contributed by atoms with E-state index < -0.39 is 0 Å². The molecule has 0 amide bonds. The molecule has 4 nitrogen and oxygen atoms in total. The summed E-state index contributed by atoms with van der Waals surface area (Å²) in [6.45, 7) is 9.39. The summed E-state index contributed by atoms with van der Waals surface area (Å²) in [4.78, 5) is 2.39. The lowest BCUT2D eigenvalue weighted by molar-refractivity contribution is 0.138. The van der Waals surface area contributed by atoms with Crippen LogP contribution in [0.5, 0.6) is 0 Å². The molecule has 1 aliphatic rings. The van der Waals surface area contributed by atoms with E-state index in [1.54, 1.807) is 0 Å². The number of nitrogens with zero attached hydrogens (tertiary/aromatic N) is 1. The molecule has 0 bridgehead atoms. The highest BCUT2D eigenvalue weighted by Gasteiger charge is 2.25. The molecule has 4 heteroatoms. The molecule has 0 aromatic rings. The summed E-state index contributed by atoms with van der Waals surface area (Å²) in [5.74, 6) is 0. The molecule has 1 rings (SSSR count). The van der Waals surface area contributed by atoms with E-state index in [1.807, 2.05) is 0 Å². The zero-order chi connectivity index (χ0) is 13.6. The summed E-state index contributed by atoms with van der Waals surface area (Å²) >= 11 is 0. The Bertz CT molecular complexity index is 230. The van der Waals surface area contributed by atoms with Gasteiger partial charge in [0.2, 0.25) is 0 Å². The van der Waals surface area contributed by atoms with Crippen molar-refractivity contribution in [1.29, 1.82) is 0 Å². The van der Waals surface area contributed by atoms with E-state index in [9.17, 15) is 5.11 Å². The normalized spacial score (nSPS) is 23.8. The molecule has 0 spiro atoms. The topological polar surface area (TPSA) is 44.7 Å². The first-order valence-corrected chi connectivity index (χ1v) is 7.13. The van der Waals surface area contributed by atoms with E-state index in [-0.39, 0.29) is 12.1 Å². The average molecular weight is 258 g/mol. The minimum atomic E-state index is -0.152. The Morgan fingerprint density at radius 1 is 1.50 bits per heavy atom. The first kappa shape index (κ1) is 15.9. The smallest absolute Gasteiger partial charge is 0.0622 e. The maximum atomic E-state index is 9.51. The molecule has 0 aliphatic carbocycles. The Balaban J connectivity index is 2.25. The second kappa shape index (κ2) is 7.43. The van der Waals surface area contributed by atoms with Crippen LogP contribution in [-0.4, -0.2) is 61.0 Å². The first-order chi connectivity index (χ1) is 8.47. The summed E-state index contributed by atoms with van der Waals surface area (Å²) in [7, 11) is 2.17. The molecule has 0 radical (unpaired) electrons. The van der Waals surface area contributed by atoms with Crippen LogP contribution in [0.15, 0.2) is 0 Å². The second-order valence-electron chi connectivity index (χ2n) is 6.12. The van der Waals surface area contributed by atoms with Crippen LogP contribution in [0.3, 0.4) is 0 Å². The molecule has 1 saturated heterocycles. The number of ether oxygens (including phenoxy) is 1. The van der Waals surface area contributed by atoms with Gasteiger partial charge in [-0.25, -0.2) is 0 Å². The first-order valence-electron chi connectivity index (χ1n) is 7.13. The predicted molar refractivity (Wildman–Crippen MR) is 74.9 cm³/mol. The monoisotopic (exact) mass is 258 g/mol. The number of likely N-dealkylation sites (N-methyl/N-ethyl adjacent to an activating group) is 1. The Kier molecular flexibility index (Phi) is 6.57. The number of aliphatic hydroxyl groups is 1. The van der Waals surface area contributed by atoms with Crippen molar-refractivity contribution in [2.75, 3.05) is 33.4 Å². The molecule has 1 aliphatic heterocycles. The summed E-state index contributed by atoms with van der Waals surface area (Å²) < 4.78 is 5.41. The second-order valence-corrected chi connectivity index (χ2v) is 6.12. The van der Waals surface area contributed by atoms with Crippen molar-refractivity contribution in [2.24, 2.45) is 0 Å². The van der Waals surface area contributed by atoms with Crippen LogP contribution >= 0.6 is 0 Å². The van der Waals surface area contributed by atoms with E-state index in [0.29, 0.717) is 12.1 Å². The molecular weight excluding hydrogens is 228 g/mol. The minimum absolute atomic E-state index is 0.152. The molecule has 2 unspecified atom stereocenters. The quantitative estimate of drug-likeness (QED) is 0.687. The lowest BCUT2D eigenvalue weighted by Crippen LogP contribution is -2.49. The Labute approximate surface area is 112 Å². The molecule has 1 fully saturated rings. The largest absolute Gasteiger partial charge is 0.394 e. The fraction of sp³-hybridized carbons (Fsp3) is 1.00. The van der Waals surface area contributed by atoms with Crippen LogP contribution in [0.25, 0.3) is 0 Å². The van der Waals surface area contributed by atoms with Gasteiger partial charge in [0.1, 0.15) is 0 Å². The number of rotatable bonds is 8. The lowest BCUT2D eigenvalue weighted by atomic mass is 9.95.